The lowest BCUT2D eigenvalue weighted by molar-refractivity contribution is 0.0928. The Bertz CT molecular complexity index is 255. The molecule has 1 aliphatic carbocycles. The number of nitrogens with one attached hydrogen (secondary N) is 1. The summed E-state index contributed by atoms with van der Waals surface area (Å²) >= 11 is 0. The zero-order chi connectivity index (χ0) is 13.0. The molecule has 2 atom stereocenters. The van der Waals surface area contributed by atoms with Crippen LogP contribution in [0, 0.1) is 11.8 Å². The molecule has 2 aliphatic rings. The molecule has 0 aromatic carbocycles. The van der Waals surface area contributed by atoms with E-state index in [4.69, 9.17) is 0 Å². The Balaban J connectivity index is 1.94. The molecule has 0 aromatic rings. The summed E-state index contributed by atoms with van der Waals surface area (Å²) in [5.41, 5.74) is -0.0255. The second-order valence-corrected chi connectivity index (χ2v) is 6.43. The van der Waals surface area contributed by atoms with Crippen LogP contribution in [0.2, 0.25) is 0 Å². The molecule has 2 unspecified atom stereocenters. The third kappa shape index (κ3) is 3.46. The largest absolute Gasteiger partial charge is 0.394 e. The molecule has 1 saturated carbocycles. The van der Waals surface area contributed by atoms with E-state index in [-0.39, 0.29) is 12.1 Å². The van der Waals surface area contributed by atoms with Gasteiger partial charge in [0.25, 0.3) is 0 Å². The topological polar surface area (TPSA) is 35.5 Å². The number of likely N-dealkylation sites (tertiary alicyclic amines) is 1. The molecule has 0 bridgehead atoms. The summed E-state index contributed by atoms with van der Waals surface area (Å²) in [4.78, 5) is 2.58. The molecular formula is C15H30N2O. The van der Waals surface area contributed by atoms with E-state index in [2.05, 4.69) is 24.1 Å². The van der Waals surface area contributed by atoms with Gasteiger partial charge in [-0.25, -0.2) is 0 Å². The van der Waals surface area contributed by atoms with Crippen LogP contribution in [-0.2, 0) is 0 Å². The number of rotatable bonds is 6. The third-order valence-electron chi connectivity index (χ3n) is 4.78. The van der Waals surface area contributed by atoms with Gasteiger partial charge in [0.2, 0.25) is 0 Å². The lowest BCUT2D eigenvalue weighted by Gasteiger charge is -2.38. The van der Waals surface area contributed by atoms with Crippen LogP contribution in [0.1, 0.15) is 46.0 Å². The molecule has 2 fully saturated rings. The lowest BCUT2D eigenvalue weighted by Crippen LogP contribution is -2.58. The van der Waals surface area contributed by atoms with Crippen molar-refractivity contribution in [1.29, 1.82) is 0 Å². The van der Waals surface area contributed by atoms with Gasteiger partial charge in [-0.05, 0) is 63.6 Å². The smallest absolute Gasteiger partial charge is 0.0628 e. The SMILES string of the molecule is CCNC(CO)(CN1CCCC(C)CC1)C1CC1. The highest BCUT2D eigenvalue weighted by Gasteiger charge is 2.45. The first-order valence-corrected chi connectivity index (χ1v) is 7.78. The summed E-state index contributed by atoms with van der Waals surface area (Å²) in [6.45, 7) is 9.23. The molecule has 0 radical (unpaired) electrons. The second-order valence-electron chi connectivity index (χ2n) is 6.43. The van der Waals surface area contributed by atoms with Gasteiger partial charge in [-0.15, -0.1) is 0 Å². The van der Waals surface area contributed by atoms with E-state index in [1.54, 1.807) is 0 Å². The van der Waals surface area contributed by atoms with E-state index in [0.717, 1.165) is 19.0 Å². The third-order valence-corrected chi connectivity index (χ3v) is 4.78. The van der Waals surface area contributed by atoms with Gasteiger partial charge in [0.15, 0.2) is 0 Å². The summed E-state index contributed by atoms with van der Waals surface area (Å²) in [7, 11) is 0. The zero-order valence-electron chi connectivity index (χ0n) is 12.1. The van der Waals surface area contributed by atoms with E-state index in [0.29, 0.717) is 5.92 Å². The van der Waals surface area contributed by atoms with Crippen molar-refractivity contribution in [2.45, 2.75) is 51.5 Å². The zero-order valence-corrected chi connectivity index (χ0v) is 12.1. The molecule has 0 aromatic heterocycles. The Morgan fingerprint density at radius 2 is 2.00 bits per heavy atom. The molecule has 2 rings (SSSR count). The standard InChI is InChI=1S/C15H30N2O/c1-3-16-15(12-18,14-6-7-14)11-17-9-4-5-13(2)8-10-17/h13-14,16,18H,3-12H2,1-2H3. The van der Waals surface area contributed by atoms with Crippen molar-refractivity contribution in [3.63, 3.8) is 0 Å². The van der Waals surface area contributed by atoms with Crippen LogP contribution in [0.3, 0.4) is 0 Å². The molecule has 106 valence electrons. The van der Waals surface area contributed by atoms with Crippen molar-refractivity contribution in [3.8, 4) is 0 Å². The summed E-state index contributed by atoms with van der Waals surface area (Å²) < 4.78 is 0. The fourth-order valence-electron chi connectivity index (χ4n) is 3.43. The highest BCUT2D eigenvalue weighted by molar-refractivity contribution is 5.02. The number of aliphatic hydroxyl groups excluding tert-OH is 1. The van der Waals surface area contributed by atoms with Gasteiger partial charge < -0.3 is 15.3 Å². The molecule has 3 heteroatoms. The maximum Gasteiger partial charge on any atom is 0.0628 e. The van der Waals surface area contributed by atoms with Gasteiger partial charge in [0.05, 0.1) is 12.1 Å². The van der Waals surface area contributed by atoms with Crippen LogP contribution in [-0.4, -0.2) is 48.3 Å². The minimum atomic E-state index is -0.0255. The highest BCUT2D eigenvalue weighted by atomic mass is 16.3. The molecule has 0 amide bonds. The van der Waals surface area contributed by atoms with Crippen LogP contribution in [0.4, 0.5) is 0 Å². The van der Waals surface area contributed by atoms with E-state index in [1.807, 2.05) is 0 Å². The summed E-state index contributed by atoms with van der Waals surface area (Å²) in [5.74, 6) is 1.57. The summed E-state index contributed by atoms with van der Waals surface area (Å²) in [5, 5.41) is 13.5. The van der Waals surface area contributed by atoms with Crippen LogP contribution in [0.5, 0.6) is 0 Å². The van der Waals surface area contributed by atoms with Gasteiger partial charge in [-0.2, -0.15) is 0 Å². The van der Waals surface area contributed by atoms with E-state index >= 15 is 0 Å². The molecule has 1 saturated heterocycles. The predicted molar refractivity (Wildman–Crippen MR) is 75.7 cm³/mol. The van der Waals surface area contributed by atoms with Crippen molar-refractivity contribution < 1.29 is 5.11 Å². The van der Waals surface area contributed by atoms with Gasteiger partial charge in [0, 0.05) is 6.54 Å². The number of hydrogen-bond donors (Lipinski definition) is 2. The summed E-state index contributed by atoms with van der Waals surface area (Å²) in [6, 6.07) is 0. The maximum atomic E-state index is 9.88. The Kier molecular flexibility index (Phi) is 5.05. The first-order chi connectivity index (χ1) is 8.70. The van der Waals surface area contributed by atoms with Crippen molar-refractivity contribution in [2.24, 2.45) is 11.8 Å². The van der Waals surface area contributed by atoms with Crippen LogP contribution in [0.15, 0.2) is 0 Å². The average Bonchev–Trinajstić information content (AvgIpc) is 3.18. The Morgan fingerprint density at radius 1 is 1.22 bits per heavy atom. The van der Waals surface area contributed by atoms with Crippen LogP contribution >= 0.6 is 0 Å². The number of aliphatic hydroxyl groups is 1. The van der Waals surface area contributed by atoms with Crippen molar-refractivity contribution in [1.82, 2.24) is 10.2 Å². The lowest BCUT2D eigenvalue weighted by atomic mass is 9.93. The van der Waals surface area contributed by atoms with Crippen molar-refractivity contribution >= 4 is 0 Å². The minimum Gasteiger partial charge on any atom is -0.394 e. The maximum absolute atomic E-state index is 9.88. The van der Waals surface area contributed by atoms with Crippen molar-refractivity contribution in [3.05, 3.63) is 0 Å². The van der Waals surface area contributed by atoms with E-state index < -0.39 is 0 Å². The molecule has 2 N–H and O–H groups in total. The van der Waals surface area contributed by atoms with E-state index in [9.17, 15) is 5.11 Å². The van der Waals surface area contributed by atoms with E-state index in [1.165, 1.54) is 45.2 Å². The number of nitrogens with zero attached hydrogens (tertiary/aromatic N) is 1. The molecule has 1 aliphatic heterocycles. The highest BCUT2D eigenvalue weighted by Crippen LogP contribution is 2.40. The fraction of sp³-hybridized carbons (Fsp3) is 1.00. The van der Waals surface area contributed by atoms with Crippen molar-refractivity contribution in [2.75, 3.05) is 32.8 Å². The van der Waals surface area contributed by atoms with Gasteiger partial charge >= 0.3 is 0 Å². The number of hydrogen-bond acceptors (Lipinski definition) is 3. The first-order valence-electron chi connectivity index (χ1n) is 7.78. The molecule has 18 heavy (non-hydrogen) atoms. The van der Waals surface area contributed by atoms with Gasteiger partial charge in [-0.3, -0.25) is 0 Å². The minimum absolute atomic E-state index is 0.0255. The molecule has 3 nitrogen and oxygen atoms in total. The fourth-order valence-corrected chi connectivity index (χ4v) is 3.43. The Hall–Kier alpha value is -0.120. The monoisotopic (exact) mass is 254 g/mol. The molecule has 0 spiro atoms. The quantitative estimate of drug-likeness (QED) is 0.759. The first kappa shape index (κ1) is 14.3. The average molecular weight is 254 g/mol. The second kappa shape index (κ2) is 6.36. The van der Waals surface area contributed by atoms with Crippen LogP contribution < -0.4 is 5.32 Å². The number of likely N-dealkylation sites (N-methyl/N-ethyl adjacent to an activating group) is 1. The van der Waals surface area contributed by atoms with Gasteiger partial charge in [0.1, 0.15) is 0 Å². The normalized spacial score (nSPS) is 29.8. The Labute approximate surface area is 112 Å². The molecule has 1 heterocycles. The summed E-state index contributed by atoms with van der Waals surface area (Å²) in [6.07, 6.45) is 6.58. The Morgan fingerprint density at radius 3 is 2.61 bits per heavy atom. The molecular weight excluding hydrogens is 224 g/mol. The van der Waals surface area contributed by atoms with Crippen LogP contribution in [0.25, 0.3) is 0 Å². The van der Waals surface area contributed by atoms with Gasteiger partial charge in [-0.1, -0.05) is 13.8 Å². The predicted octanol–water partition coefficient (Wildman–Crippen LogP) is 1.86.